The molecule has 1 saturated carbocycles. The second-order valence-corrected chi connectivity index (χ2v) is 3.80. The Hall–Kier alpha value is -1.91. The van der Waals surface area contributed by atoms with E-state index in [1.165, 1.54) is 5.56 Å². The Kier molecular flexibility index (Phi) is 1.71. The fourth-order valence-corrected chi connectivity index (χ4v) is 1.95. The normalized spacial score (nSPS) is 24.0. The van der Waals surface area contributed by atoms with E-state index in [9.17, 15) is 0 Å². The van der Waals surface area contributed by atoms with Crippen molar-refractivity contribution in [3.63, 3.8) is 0 Å². The predicted octanol–water partition coefficient (Wildman–Crippen LogP) is 0.984. The number of nitrogen functional groups attached to an aromatic ring is 1. The lowest BCUT2D eigenvalue weighted by atomic mass is 10.1. The Bertz CT molecular complexity index is 464. The van der Waals surface area contributed by atoms with Gasteiger partial charge in [-0.05, 0) is 22.4 Å². The maximum Gasteiger partial charge on any atom is 0.240 e. The number of hydrogen-bond donors (Lipinski definition) is 1. The summed E-state index contributed by atoms with van der Waals surface area (Å²) < 4.78 is 1.71. The molecule has 3 rings (SSSR count). The number of benzene rings is 1. The predicted molar refractivity (Wildman–Crippen MR) is 55.1 cm³/mol. The first-order valence-corrected chi connectivity index (χ1v) is 4.94. The summed E-state index contributed by atoms with van der Waals surface area (Å²) in [6.07, 6.45) is 1.07. The third kappa shape index (κ3) is 1.36. The lowest BCUT2D eigenvalue weighted by Gasteiger charge is -2.00. The SMILES string of the molecule is Nc1nnnn1C1CC1c1ccccc1. The summed E-state index contributed by atoms with van der Waals surface area (Å²) in [6.45, 7) is 0. The first-order chi connectivity index (χ1) is 7.36. The molecule has 5 heteroatoms. The smallest absolute Gasteiger partial charge is 0.240 e. The quantitative estimate of drug-likeness (QED) is 0.786. The van der Waals surface area contributed by atoms with Gasteiger partial charge in [-0.1, -0.05) is 35.4 Å². The van der Waals surface area contributed by atoms with Crippen LogP contribution in [0.5, 0.6) is 0 Å². The molecule has 2 aromatic rings. The van der Waals surface area contributed by atoms with Gasteiger partial charge in [0.1, 0.15) is 0 Å². The zero-order valence-electron chi connectivity index (χ0n) is 8.11. The summed E-state index contributed by atoms with van der Waals surface area (Å²) >= 11 is 0. The maximum atomic E-state index is 5.65. The van der Waals surface area contributed by atoms with Gasteiger partial charge in [0.15, 0.2) is 0 Å². The van der Waals surface area contributed by atoms with E-state index < -0.39 is 0 Å². The Labute approximate surface area is 86.9 Å². The topological polar surface area (TPSA) is 69.6 Å². The molecule has 1 aliphatic rings. The molecule has 1 aliphatic carbocycles. The standard InChI is InChI=1S/C10H11N5/c11-10-12-13-14-15(10)9-6-8(9)7-4-2-1-3-5-7/h1-5,8-9H,6H2,(H2,11,12,14). The molecule has 5 nitrogen and oxygen atoms in total. The van der Waals surface area contributed by atoms with Crippen LogP contribution in [-0.2, 0) is 0 Å². The van der Waals surface area contributed by atoms with Gasteiger partial charge in [0.2, 0.25) is 5.95 Å². The zero-order chi connectivity index (χ0) is 10.3. The highest BCUT2D eigenvalue weighted by Crippen LogP contribution is 2.51. The molecule has 0 amide bonds. The summed E-state index contributed by atoms with van der Waals surface area (Å²) in [5.74, 6) is 0.912. The van der Waals surface area contributed by atoms with Crippen LogP contribution < -0.4 is 5.73 Å². The first kappa shape index (κ1) is 8.40. The molecule has 0 spiro atoms. The minimum absolute atomic E-state index is 0.336. The average Bonchev–Trinajstić information content (AvgIpc) is 2.96. The molecule has 2 unspecified atom stereocenters. The van der Waals surface area contributed by atoms with E-state index >= 15 is 0 Å². The number of aromatic nitrogens is 4. The van der Waals surface area contributed by atoms with Gasteiger partial charge in [-0.15, -0.1) is 0 Å². The van der Waals surface area contributed by atoms with Crippen LogP contribution in [0, 0.1) is 0 Å². The number of nitrogens with two attached hydrogens (primary N) is 1. The Balaban J connectivity index is 1.83. The molecule has 2 atom stereocenters. The van der Waals surface area contributed by atoms with Crippen LogP contribution in [0.25, 0.3) is 0 Å². The van der Waals surface area contributed by atoms with Crippen molar-refractivity contribution in [2.24, 2.45) is 0 Å². The molecule has 1 fully saturated rings. The summed E-state index contributed by atoms with van der Waals surface area (Å²) in [7, 11) is 0. The molecule has 0 bridgehead atoms. The van der Waals surface area contributed by atoms with Crippen molar-refractivity contribution in [2.75, 3.05) is 5.73 Å². The van der Waals surface area contributed by atoms with Crippen molar-refractivity contribution in [3.8, 4) is 0 Å². The Morgan fingerprint density at radius 3 is 2.73 bits per heavy atom. The highest BCUT2D eigenvalue weighted by atomic mass is 15.6. The Morgan fingerprint density at radius 1 is 1.27 bits per heavy atom. The fourth-order valence-electron chi connectivity index (χ4n) is 1.95. The number of nitrogens with zero attached hydrogens (tertiary/aromatic N) is 4. The molecule has 1 aromatic heterocycles. The van der Waals surface area contributed by atoms with Crippen LogP contribution in [0.2, 0.25) is 0 Å². The van der Waals surface area contributed by atoms with Crippen molar-refractivity contribution in [1.29, 1.82) is 0 Å². The van der Waals surface area contributed by atoms with Gasteiger partial charge in [0.05, 0.1) is 6.04 Å². The van der Waals surface area contributed by atoms with Crippen LogP contribution in [0.1, 0.15) is 23.9 Å². The monoisotopic (exact) mass is 201 g/mol. The second kappa shape index (κ2) is 3.05. The molecule has 76 valence electrons. The van der Waals surface area contributed by atoms with Gasteiger partial charge in [0, 0.05) is 5.92 Å². The van der Waals surface area contributed by atoms with Crippen molar-refractivity contribution in [1.82, 2.24) is 20.2 Å². The molecule has 2 N–H and O–H groups in total. The van der Waals surface area contributed by atoms with Crippen molar-refractivity contribution < 1.29 is 0 Å². The summed E-state index contributed by atoms with van der Waals surface area (Å²) in [6, 6.07) is 10.7. The van der Waals surface area contributed by atoms with Crippen LogP contribution in [0.3, 0.4) is 0 Å². The van der Waals surface area contributed by atoms with Gasteiger partial charge in [-0.3, -0.25) is 0 Å². The number of anilines is 1. The molecule has 0 saturated heterocycles. The third-order valence-corrected chi connectivity index (χ3v) is 2.82. The van der Waals surface area contributed by atoms with Gasteiger partial charge < -0.3 is 5.73 Å². The minimum Gasteiger partial charge on any atom is -0.367 e. The Morgan fingerprint density at radius 2 is 2.07 bits per heavy atom. The maximum absolute atomic E-state index is 5.65. The molecular weight excluding hydrogens is 190 g/mol. The largest absolute Gasteiger partial charge is 0.367 e. The second-order valence-electron chi connectivity index (χ2n) is 3.80. The lowest BCUT2D eigenvalue weighted by molar-refractivity contribution is 0.603. The summed E-state index contributed by atoms with van der Waals surface area (Å²) in [4.78, 5) is 0. The number of rotatable bonds is 2. The van der Waals surface area contributed by atoms with E-state index in [1.807, 2.05) is 18.2 Å². The van der Waals surface area contributed by atoms with Crippen molar-refractivity contribution in [2.45, 2.75) is 18.4 Å². The van der Waals surface area contributed by atoms with E-state index in [2.05, 4.69) is 27.7 Å². The van der Waals surface area contributed by atoms with Crippen molar-refractivity contribution >= 4 is 5.95 Å². The molecule has 15 heavy (non-hydrogen) atoms. The van der Waals surface area contributed by atoms with E-state index in [-0.39, 0.29) is 0 Å². The highest BCUT2D eigenvalue weighted by Gasteiger charge is 2.41. The van der Waals surface area contributed by atoms with Gasteiger partial charge in [-0.25, -0.2) is 4.68 Å². The van der Waals surface area contributed by atoms with E-state index in [0.717, 1.165) is 6.42 Å². The first-order valence-electron chi connectivity index (χ1n) is 4.94. The van der Waals surface area contributed by atoms with E-state index in [1.54, 1.807) is 4.68 Å². The average molecular weight is 201 g/mol. The van der Waals surface area contributed by atoms with Crippen LogP contribution in [0.15, 0.2) is 30.3 Å². The van der Waals surface area contributed by atoms with Crippen molar-refractivity contribution in [3.05, 3.63) is 35.9 Å². The van der Waals surface area contributed by atoms with Gasteiger partial charge in [0.25, 0.3) is 0 Å². The molecule has 0 aliphatic heterocycles. The molecule has 1 heterocycles. The third-order valence-electron chi connectivity index (χ3n) is 2.82. The summed E-state index contributed by atoms with van der Waals surface area (Å²) in [5.41, 5.74) is 6.98. The summed E-state index contributed by atoms with van der Waals surface area (Å²) in [5, 5.41) is 11.1. The van der Waals surface area contributed by atoms with E-state index in [0.29, 0.717) is 17.9 Å². The fraction of sp³-hybridized carbons (Fsp3) is 0.300. The minimum atomic E-state index is 0.336. The highest BCUT2D eigenvalue weighted by molar-refractivity contribution is 5.28. The van der Waals surface area contributed by atoms with Crippen LogP contribution in [0.4, 0.5) is 5.95 Å². The lowest BCUT2D eigenvalue weighted by Crippen LogP contribution is -2.04. The zero-order valence-corrected chi connectivity index (χ0v) is 8.11. The number of hydrogen-bond acceptors (Lipinski definition) is 4. The molecule has 0 radical (unpaired) electrons. The molecular formula is C10H11N5. The van der Waals surface area contributed by atoms with E-state index in [4.69, 9.17) is 5.73 Å². The van der Waals surface area contributed by atoms with Gasteiger partial charge in [-0.2, -0.15) is 0 Å². The van der Waals surface area contributed by atoms with Gasteiger partial charge >= 0.3 is 0 Å². The molecule has 1 aromatic carbocycles. The van der Waals surface area contributed by atoms with Crippen LogP contribution in [-0.4, -0.2) is 20.2 Å². The number of tetrazole rings is 1. The van der Waals surface area contributed by atoms with Crippen LogP contribution >= 0.6 is 0 Å².